The smallest absolute Gasteiger partial charge is 0.256 e. The summed E-state index contributed by atoms with van der Waals surface area (Å²) in [5, 5.41) is 1.74. The fourth-order valence-corrected chi connectivity index (χ4v) is 7.06. The first kappa shape index (κ1) is 24.5. The molecule has 3 aliphatic rings. The Morgan fingerprint density at radius 3 is 2.56 bits per heavy atom. The van der Waals surface area contributed by atoms with Crippen LogP contribution >= 0.6 is 11.6 Å². The summed E-state index contributed by atoms with van der Waals surface area (Å²) in [4.78, 5) is 32.9. The quantitative estimate of drug-likeness (QED) is 0.382. The minimum atomic E-state index is 0.0968. The molecule has 7 nitrogen and oxygen atoms in total. The van der Waals surface area contributed by atoms with E-state index >= 15 is 0 Å². The lowest BCUT2D eigenvalue weighted by atomic mass is 9.83. The Labute approximate surface area is 232 Å². The number of carbonyl (C=O) groups excluding carboxylic acids is 1. The maximum absolute atomic E-state index is 13.8. The van der Waals surface area contributed by atoms with Gasteiger partial charge in [-0.15, -0.1) is 0 Å². The molecule has 2 fully saturated rings. The van der Waals surface area contributed by atoms with Gasteiger partial charge in [0.2, 0.25) is 0 Å². The zero-order chi connectivity index (χ0) is 26.5. The van der Waals surface area contributed by atoms with Gasteiger partial charge in [0.05, 0.1) is 12.2 Å². The molecule has 200 valence electrons. The number of aromatic nitrogens is 2. The first-order chi connectivity index (χ1) is 19.0. The maximum Gasteiger partial charge on any atom is 0.256 e. The Hall–Kier alpha value is -3.55. The second-order valence-electron chi connectivity index (χ2n) is 11.2. The highest BCUT2D eigenvalue weighted by Crippen LogP contribution is 2.35. The molecule has 2 bridgehead atoms. The standard InChI is InChI=1S/C31H32ClN5O2/c32-24-5-3-6-25(16-24)34-11-13-35(14-12-34)31(39)27-20-36(29-8-2-1-7-26(27)29)21-33-17-22-15-23(19-33)28-9-4-10-30(38)37(28)18-22/h1-10,16,20,22-23H,11-15,17-19,21H2. The van der Waals surface area contributed by atoms with Crippen LogP contribution in [-0.4, -0.2) is 64.1 Å². The largest absolute Gasteiger partial charge is 0.368 e. The van der Waals surface area contributed by atoms with Crippen LogP contribution in [0.3, 0.4) is 0 Å². The minimum absolute atomic E-state index is 0.0968. The zero-order valence-electron chi connectivity index (χ0n) is 21.9. The molecule has 5 heterocycles. The van der Waals surface area contributed by atoms with Crippen molar-refractivity contribution in [3.05, 3.63) is 99.6 Å². The normalized spacial score (nSPS) is 21.3. The Bertz CT molecular complexity index is 1600. The molecule has 0 N–H and O–H groups in total. The van der Waals surface area contributed by atoms with Crippen molar-refractivity contribution >= 4 is 34.1 Å². The number of fused-ring (bicyclic) bond motifs is 5. The number of piperidine rings is 1. The van der Waals surface area contributed by atoms with E-state index in [2.05, 4.69) is 44.8 Å². The van der Waals surface area contributed by atoms with Gasteiger partial charge in [0.25, 0.3) is 11.5 Å². The summed E-state index contributed by atoms with van der Waals surface area (Å²) in [6.07, 6.45) is 3.19. The van der Waals surface area contributed by atoms with Crippen molar-refractivity contribution < 1.29 is 4.79 Å². The van der Waals surface area contributed by atoms with Gasteiger partial charge in [0, 0.05) is 91.3 Å². The maximum atomic E-state index is 13.8. The van der Waals surface area contributed by atoms with E-state index in [1.165, 1.54) is 0 Å². The number of benzene rings is 2. The second-order valence-corrected chi connectivity index (χ2v) is 11.6. The number of likely N-dealkylation sites (tertiary alicyclic amines) is 1. The lowest BCUT2D eigenvalue weighted by Crippen LogP contribution is -2.48. The van der Waals surface area contributed by atoms with Crippen molar-refractivity contribution in [1.29, 1.82) is 0 Å². The molecular weight excluding hydrogens is 510 g/mol. The number of halogens is 1. The molecule has 3 aliphatic heterocycles. The Kier molecular flexibility index (Phi) is 6.21. The van der Waals surface area contributed by atoms with Gasteiger partial charge in [0.15, 0.2) is 0 Å². The van der Waals surface area contributed by atoms with Gasteiger partial charge in [-0.1, -0.05) is 41.9 Å². The van der Waals surface area contributed by atoms with Crippen molar-refractivity contribution in [3.8, 4) is 0 Å². The third kappa shape index (κ3) is 4.53. The molecule has 0 radical (unpaired) electrons. The lowest BCUT2D eigenvalue weighted by Gasteiger charge is -2.42. The van der Waals surface area contributed by atoms with E-state index in [-0.39, 0.29) is 11.5 Å². The highest BCUT2D eigenvalue weighted by atomic mass is 35.5. The SMILES string of the molecule is O=C(c1cn(CN2CC3CC(C2)c2cccc(=O)n2C3)c2ccccc12)N1CCN(c2cccc(Cl)c2)CC1. The van der Waals surface area contributed by atoms with E-state index in [0.717, 1.165) is 78.7 Å². The number of carbonyl (C=O) groups is 1. The number of para-hydroxylation sites is 1. The molecular formula is C31H32ClN5O2. The average Bonchev–Trinajstić information content (AvgIpc) is 3.31. The summed E-state index contributed by atoms with van der Waals surface area (Å²) in [6, 6.07) is 21.8. The molecule has 2 aromatic carbocycles. The predicted molar refractivity (Wildman–Crippen MR) is 155 cm³/mol. The molecule has 39 heavy (non-hydrogen) atoms. The molecule has 0 spiro atoms. The monoisotopic (exact) mass is 541 g/mol. The third-order valence-electron chi connectivity index (χ3n) is 8.67. The van der Waals surface area contributed by atoms with E-state index in [4.69, 9.17) is 11.6 Å². The van der Waals surface area contributed by atoms with Gasteiger partial charge in [0.1, 0.15) is 0 Å². The molecule has 4 aromatic rings. The molecule has 8 heteroatoms. The summed E-state index contributed by atoms with van der Waals surface area (Å²) in [5.41, 5.74) is 4.24. The number of piperazine rings is 1. The zero-order valence-corrected chi connectivity index (χ0v) is 22.6. The fraction of sp³-hybridized carbons (Fsp3) is 0.355. The van der Waals surface area contributed by atoms with Crippen LogP contribution in [0.5, 0.6) is 0 Å². The van der Waals surface area contributed by atoms with Crippen molar-refractivity contribution in [1.82, 2.24) is 18.9 Å². The number of rotatable bonds is 4. The Morgan fingerprint density at radius 1 is 0.897 bits per heavy atom. The summed E-state index contributed by atoms with van der Waals surface area (Å²) in [6.45, 7) is 6.33. The van der Waals surface area contributed by atoms with Crippen LogP contribution in [0.15, 0.2) is 77.7 Å². The molecule has 2 saturated heterocycles. The van der Waals surface area contributed by atoms with E-state index < -0.39 is 0 Å². The van der Waals surface area contributed by atoms with Gasteiger partial charge in [-0.25, -0.2) is 0 Å². The summed E-state index contributed by atoms with van der Waals surface area (Å²) in [7, 11) is 0. The molecule has 2 unspecified atom stereocenters. The van der Waals surface area contributed by atoms with E-state index in [9.17, 15) is 9.59 Å². The molecule has 0 saturated carbocycles. The Morgan fingerprint density at radius 2 is 1.72 bits per heavy atom. The van der Waals surface area contributed by atoms with Crippen LogP contribution in [0, 0.1) is 5.92 Å². The summed E-state index contributed by atoms with van der Waals surface area (Å²) < 4.78 is 4.22. The van der Waals surface area contributed by atoms with Crippen molar-refractivity contribution in [2.24, 2.45) is 5.92 Å². The molecule has 7 rings (SSSR count). The predicted octanol–water partition coefficient (Wildman–Crippen LogP) is 4.50. The highest BCUT2D eigenvalue weighted by Gasteiger charge is 2.35. The molecule has 1 amide bonds. The highest BCUT2D eigenvalue weighted by molar-refractivity contribution is 6.30. The lowest BCUT2D eigenvalue weighted by molar-refractivity contribution is 0.0747. The van der Waals surface area contributed by atoms with Crippen LogP contribution in [0.4, 0.5) is 5.69 Å². The van der Waals surface area contributed by atoms with Crippen molar-refractivity contribution in [3.63, 3.8) is 0 Å². The first-order valence-electron chi connectivity index (χ1n) is 13.8. The van der Waals surface area contributed by atoms with Gasteiger partial charge < -0.3 is 18.9 Å². The van der Waals surface area contributed by atoms with Gasteiger partial charge in [-0.3, -0.25) is 14.5 Å². The average molecular weight is 542 g/mol. The van der Waals surface area contributed by atoms with Gasteiger partial charge in [-0.2, -0.15) is 0 Å². The number of hydrogen-bond acceptors (Lipinski definition) is 4. The number of amides is 1. The molecule has 2 aromatic heterocycles. The fourth-order valence-electron chi connectivity index (χ4n) is 6.87. The number of hydrogen-bond donors (Lipinski definition) is 0. The van der Waals surface area contributed by atoms with Gasteiger partial charge in [-0.05, 0) is 42.7 Å². The number of pyridine rings is 1. The summed E-state index contributed by atoms with van der Waals surface area (Å²) in [5.74, 6) is 0.930. The minimum Gasteiger partial charge on any atom is -0.368 e. The topological polar surface area (TPSA) is 53.7 Å². The molecule has 2 atom stereocenters. The third-order valence-corrected chi connectivity index (χ3v) is 8.90. The van der Waals surface area contributed by atoms with E-state index in [1.54, 1.807) is 6.07 Å². The van der Waals surface area contributed by atoms with Gasteiger partial charge >= 0.3 is 0 Å². The van der Waals surface area contributed by atoms with Crippen molar-refractivity contribution in [2.45, 2.75) is 25.6 Å². The first-order valence-corrected chi connectivity index (χ1v) is 14.2. The number of anilines is 1. The molecule has 0 aliphatic carbocycles. The van der Waals surface area contributed by atoms with Crippen LogP contribution in [0.2, 0.25) is 5.02 Å². The van der Waals surface area contributed by atoms with Crippen LogP contribution in [-0.2, 0) is 13.2 Å². The van der Waals surface area contributed by atoms with Crippen LogP contribution < -0.4 is 10.5 Å². The number of nitrogens with zero attached hydrogens (tertiary/aromatic N) is 5. The van der Waals surface area contributed by atoms with Crippen LogP contribution in [0.1, 0.15) is 28.4 Å². The van der Waals surface area contributed by atoms with E-state index in [0.29, 0.717) is 24.9 Å². The summed E-state index contributed by atoms with van der Waals surface area (Å²) >= 11 is 6.20. The second kappa shape index (κ2) is 9.88. The van der Waals surface area contributed by atoms with Crippen molar-refractivity contribution in [2.75, 3.05) is 44.2 Å². The Balaban J connectivity index is 1.10. The van der Waals surface area contributed by atoms with Crippen LogP contribution in [0.25, 0.3) is 10.9 Å². The van der Waals surface area contributed by atoms with E-state index in [1.807, 2.05) is 45.9 Å².